The van der Waals surface area contributed by atoms with Crippen molar-refractivity contribution in [2.24, 2.45) is 5.92 Å². The fourth-order valence-electron chi connectivity index (χ4n) is 5.79. The first kappa shape index (κ1) is 33.1. The van der Waals surface area contributed by atoms with Crippen LogP contribution in [0.2, 0.25) is 0 Å². The van der Waals surface area contributed by atoms with Gasteiger partial charge in [-0.3, -0.25) is 4.79 Å². The molecule has 0 heterocycles. The molecule has 0 aliphatic heterocycles. The largest absolute Gasteiger partial charge is 0.480 e. The Morgan fingerprint density at radius 1 is 0.955 bits per heavy atom. The third-order valence-electron chi connectivity index (χ3n) is 8.31. The van der Waals surface area contributed by atoms with Crippen LogP contribution in [-0.4, -0.2) is 59.1 Å². The summed E-state index contributed by atoms with van der Waals surface area (Å²) in [5.41, 5.74) is 5.05. The molecule has 0 bridgehead atoms. The lowest BCUT2D eigenvalue weighted by atomic mass is 9.89. The van der Waals surface area contributed by atoms with Gasteiger partial charge in [-0.2, -0.15) is 11.8 Å². The molecule has 44 heavy (non-hydrogen) atoms. The van der Waals surface area contributed by atoms with Crippen LogP contribution in [0.5, 0.6) is 0 Å². The highest BCUT2D eigenvalue weighted by molar-refractivity contribution is 7.98. The van der Waals surface area contributed by atoms with Crippen LogP contribution >= 0.6 is 11.8 Å². The predicted molar refractivity (Wildman–Crippen MR) is 177 cm³/mol. The monoisotopic (exact) mass is 616 g/mol. The van der Waals surface area contributed by atoms with Crippen molar-refractivity contribution in [1.29, 1.82) is 0 Å². The fraction of sp³-hybridized carbons (Fsp3) is 0.417. The second-order valence-corrected chi connectivity index (χ2v) is 12.6. The van der Waals surface area contributed by atoms with Gasteiger partial charge in [0.1, 0.15) is 12.6 Å². The fourth-order valence-corrected chi connectivity index (χ4v) is 6.26. The van der Waals surface area contributed by atoms with Crippen molar-refractivity contribution < 1.29 is 24.2 Å². The smallest absolute Gasteiger partial charge is 0.410 e. The molecule has 4 rings (SSSR count). The van der Waals surface area contributed by atoms with Crippen LogP contribution in [0.15, 0.2) is 72.8 Å². The van der Waals surface area contributed by atoms with Crippen LogP contribution in [0.1, 0.15) is 65.6 Å². The van der Waals surface area contributed by atoms with E-state index in [1.807, 2.05) is 84.8 Å². The minimum Gasteiger partial charge on any atom is -0.480 e. The van der Waals surface area contributed by atoms with Gasteiger partial charge in [0.2, 0.25) is 0 Å². The average Bonchev–Trinajstić information content (AvgIpc) is 3.04. The van der Waals surface area contributed by atoms with Crippen molar-refractivity contribution in [2.45, 2.75) is 64.5 Å². The van der Waals surface area contributed by atoms with Crippen molar-refractivity contribution in [3.63, 3.8) is 0 Å². The van der Waals surface area contributed by atoms with Gasteiger partial charge in [0.25, 0.3) is 5.91 Å². The Hall–Kier alpha value is -3.78. The molecule has 2 amide bonds. The number of carbonyl (C=O) groups excluding carboxylic acids is 2. The minimum atomic E-state index is -1.04. The highest BCUT2D eigenvalue weighted by atomic mass is 32.2. The molecule has 1 aliphatic carbocycles. The van der Waals surface area contributed by atoms with E-state index in [0.29, 0.717) is 43.2 Å². The third-order valence-corrected chi connectivity index (χ3v) is 8.96. The van der Waals surface area contributed by atoms with Crippen LogP contribution < -0.4 is 5.32 Å². The number of carboxylic acid groups (broad SMARTS) is 1. The van der Waals surface area contributed by atoms with E-state index < -0.39 is 17.9 Å². The Morgan fingerprint density at radius 3 is 2.39 bits per heavy atom. The van der Waals surface area contributed by atoms with Gasteiger partial charge in [-0.15, -0.1) is 0 Å². The molecule has 0 unspecified atom stereocenters. The van der Waals surface area contributed by atoms with Crippen LogP contribution in [0, 0.1) is 12.8 Å². The summed E-state index contributed by atoms with van der Waals surface area (Å²) in [6.07, 6.45) is 8.43. The van der Waals surface area contributed by atoms with Gasteiger partial charge in [0.15, 0.2) is 0 Å². The zero-order chi connectivity index (χ0) is 31.3. The number of aliphatic carboxylic acids is 1. The summed E-state index contributed by atoms with van der Waals surface area (Å²) >= 11 is 1.54. The maximum atomic E-state index is 13.5. The van der Waals surface area contributed by atoms with E-state index in [1.165, 1.54) is 19.3 Å². The molecule has 1 fully saturated rings. The summed E-state index contributed by atoms with van der Waals surface area (Å²) in [6.45, 7) is 3.40. The molecule has 0 radical (unpaired) electrons. The Labute approximate surface area is 265 Å². The molecule has 0 spiro atoms. The maximum Gasteiger partial charge on any atom is 0.410 e. The van der Waals surface area contributed by atoms with Crippen LogP contribution in [0.25, 0.3) is 11.1 Å². The highest BCUT2D eigenvalue weighted by Crippen LogP contribution is 2.29. The van der Waals surface area contributed by atoms with Gasteiger partial charge in [0, 0.05) is 18.7 Å². The first-order valence-corrected chi connectivity index (χ1v) is 16.9. The predicted octanol–water partition coefficient (Wildman–Crippen LogP) is 7.36. The Bertz CT molecular complexity index is 1390. The van der Waals surface area contributed by atoms with Gasteiger partial charge in [-0.1, -0.05) is 86.0 Å². The van der Waals surface area contributed by atoms with E-state index in [1.54, 1.807) is 17.8 Å². The number of nitrogens with zero attached hydrogens (tertiary/aromatic N) is 1. The molecule has 1 saturated carbocycles. The average molecular weight is 617 g/mol. The first-order chi connectivity index (χ1) is 21.4. The van der Waals surface area contributed by atoms with Crippen LogP contribution in [-0.2, 0) is 22.6 Å². The number of hydrogen-bond acceptors (Lipinski definition) is 5. The number of amides is 2. The second-order valence-electron chi connectivity index (χ2n) is 11.6. The number of nitrogens with one attached hydrogen (secondary N) is 1. The zero-order valence-electron chi connectivity index (χ0n) is 25.8. The summed E-state index contributed by atoms with van der Waals surface area (Å²) < 4.78 is 5.75. The molecule has 1 aliphatic rings. The molecular weight excluding hydrogens is 572 g/mol. The Morgan fingerprint density at radius 2 is 1.68 bits per heavy atom. The maximum absolute atomic E-state index is 13.5. The number of benzene rings is 3. The number of rotatable bonds is 14. The molecule has 234 valence electrons. The van der Waals surface area contributed by atoms with E-state index in [4.69, 9.17) is 4.74 Å². The van der Waals surface area contributed by atoms with Gasteiger partial charge in [-0.25, -0.2) is 9.59 Å². The van der Waals surface area contributed by atoms with E-state index in [2.05, 4.69) is 5.32 Å². The minimum absolute atomic E-state index is 0.233. The molecule has 0 aromatic heterocycles. The molecule has 3 aromatic carbocycles. The van der Waals surface area contributed by atoms with E-state index >= 15 is 0 Å². The Kier molecular flexibility index (Phi) is 12.7. The summed E-state index contributed by atoms with van der Waals surface area (Å²) in [4.78, 5) is 40.5. The number of thioether (sulfide) groups is 1. The van der Waals surface area contributed by atoms with Gasteiger partial charge < -0.3 is 20.1 Å². The van der Waals surface area contributed by atoms with E-state index in [-0.39, 0.29) is 12.7 Å². The van der Waals surface area contributed by atoms with Crippen LogP contribution in [0.3, 0.4) is 0 Å². The van der Waals surface area contributed by atoms with E-state index in [0.717, 1.165) is 40.7 Å². The van der Waals surface area contributed by atoms with Crippen molar-refractivity contribution >= 4 is 29.7 Å². The third kappa shape index (κ3) is 9.61. The summed E-state index contributed by atoms with van der Waals surface area (Å²) in [5, 5.41) is 12.4. The molecule has 8 heteroatoms. The second kappa shape index (κ2) is 16.9. The number of ether oxygens (including phenoxy) is 1. The summed E-state index contributed by atoms with van der Waals surface area (Å²) in [6, 6.07) is 22.3. The van der Waals surface area contributed by atoms with Gasteiger partial charge >= 0.3 is 12.1 Å². The Balaban J connectivity index is 1.55. The zero-order valence-corrected chi connectivity index (χ0v) is 26.6. The number of aryl methyl sites for hydroxylation is 1. The lowest BCUT2D eigenvalue weighted by molar-refractivity contribution is -0.139. The SMILES string of the molecule is CSCC[C@H](NC(=O)c1ccc(CCN(CC2CCCCC2)C(=O)OCc2ccccc2)cc1-c1ccccc1C)C(=O)O. The number of carboxylic acids is 1. The molecular formula is C36H44N2O5S. The standard InChI is InChI=1S/C36H44N2O5S/c1-26-11-9-10-16-30(26)32-23-27(17-18-31(32)34(39)37-33(35(40)41)20-22-44-2)19-21-38(24-28-12-5-3-6-13-28)36(42)43-25-29-14-7-4-8-15-29/h4,7-11,14-18,23,28,33H,3,5-6,12-13,19-22,24-25H2,1-2H3,(H,37,39)(H,40,41)/t33-/m0/s1. The topological polar surface area (TPSA) is 95.9 Å². The molecule has 2 N–H and O–H groups in total. The van der Waals surface area contributed by atoms with Crippen molar-refractivity contribution in [3.05, 3.63) is 95.1 Å². The van der Waals surface area contributed by atoms with E-state index in [9.17, 15) is 19.5 Å². The van der Waals surface area contributed by atoms with Crippen molar-refractivity contribution in [3.8, 4) is 11.1 Å². The lowest BCUT2D eigenvalue weighted by Gasteiger charge is -2.29. The van der Waals surface area contributed by atoms with Crippen molar-refractivity contribution in [2.75, 3.05) is 25.1 Å². The quantitative estimate of drug-likeness (QED) is 0.197. The number of carbonyl (C=O) groups is 3. The molecule has 0 saturated heterocycles. The molecule has 3 aromatic rings. The lowest BCUT2D eigenvalue weighted by Crippen LogP contribution is -2.41. The molecule has 1 atom stereocenters. The van der Waals surface area contributed by atoms with Gasteiger partial charge in [-0.05, 0) is 84.4 Å². The summed E-state index contributed by atoms with van der Waals surface area (Å²) in [5.74, 6) is -0.355. The highest BCUT2D eigenvalue weighted by Gasteiger charge is 2.24. The normalized spacial score (nSPS) is 14.0. The molecule has 7 nitrogen and oxygen atoms in total. The summed E-state index contributed by atoms with van der Waals surface area (Å²) in [7, 11) is 0. The number of hydrogen-bond donors (Lipinski definition) is 2. The van der Waals surface area contributed by atoms with Gasteiger partial charge in [0.05, 0.1) is 0 Å². The van der Waals surface area contributed by atoms with Crippen LogP contribution in [0.4, 0.5) is 4.79 Å². The first-order valence-electron chi connectivity index (χ1n) is 15.5. The van der Waals surface area contributed by atoms with Crippen molar-refractivity contribution in [1.82, 2.24) is 10.2 Å².